The second-order valence-corrected chi connectivity index (χ2v) is 7.32. The summed E-state index contributed by atoms with van der Waals surface area (Å²) < 4.78 is 0. The number of benzene rings is 2. The van der Waals surface area contributed by atoms with Gasteiger partial charge in [0, 0.05) is 11.5 Å². The number of rotatable bonds is 3. The summed E-state index contributed by atoms with van der Waals surface area (Å²) in [6, 6.07) is 14.4. The Morgan fingerprint density at radius 3 is 2.55 bits per heavy atom. The van der Waals surface area contributed by atoms with E-state index in [1.807, 2.05) is 24.3 Å². The Hall–Kier alpha value is -1.63. The summed E-state index contributed by atoms with van der Waals surface area (Å²) in [5, 5.41) is 2.27. The van der Waals surface area contributed by atoms with E-state index in [1.54, 1.807) is 0 Å². The van der Waals surface area contributed by atoms with Gasteiger partial charge in [-0.25, -0.2) is 0 Å². The molecule has 2 aromatic rings. The third-order valence-corrected chi connectivity index (χ3v) is 5.41. The molecule has 1 heteroatoms. The highest BCUT2D eigenvalue weighted by Crippen LogP contribution is 2.40. The van der Waals surface area contributed by atoms with Crippen LogP contribution in [0.15, 0.2) is 42.5 Å². The van der Waals surface area contributed by atoms with Gasteiger partial charge in [0.2, 0.25) is 0 Å². The number of fused-ring (bicyclic) bond motifs is 1. The lowest BCUT2D eigenvalue weighted by atomic mass is 9.67. The molecule has 1 nitrogen and oxygen atoms in total. The van der Waals surface area contributed by atoms with E-state index in [2.05, 4.69) is 39.0 Å². The van der Waals surface area contributed by atoms with Crippen LogP contribution in [-0.4, -0.2) is 5.78 Å². The lowest BCUT2D eigenvalue weighted by Crippen LogP contribution is -2.33. The third kappa shape index (κ3) is 2.82. The molecule has 0 amide bonds. The molecule has 0 saturated heterocycles. The van der Waals surface area contributed by atoms with E-state index >= 15 is 0 Å². The molecule has 3 unspecified atom stereocenters. The standard InChI is InChI=1S/C21H26O/c1-14(2)17-12-11-15(3)13-20(17)21(22)19-10-6-8-16-7-4-5-9-18(16)19/h4-10,14-15,17,20H,11-13H2,1-3H3. The van der Waals surface area contributed by atoms with E-state index in [-0.39, 0.29) is 5.92 Å². The molecular formula is C21H26O. The average Bonchev–Trinajstić information content (AvgIpc) is 2.53. The van der Waals surface area contributed by atoms with E-state index in [0.29, 0.717) is 23.5 Å². The number of carbonyl (C=O) groups excluding carboxylic acids is 1. The van der Waals surface area contributed by atoms with Crippen LogP contribution in [0.4, 0.5) is 0 Å². The van der Waals surface area contributed by atoms with Crippen molar-refractivity contribution in [2.45, 2.75) is 40.0 Å². The molecule has 0 aromatic heterocycles. The van der Waals surface area contributed by atoms with Gasteiger partial charge in [-0.05, 0) is 41.4 Å². The van der Waals surface area contributed by atoms with Crippen molar-refractivity contribution in [1.29, 1.82) is 0 Å². The van der Waals surface area contributed by atoms with Crippen LogP contribution in [0.2, 0.25) is 0 Å². The Morgan fingerprint density at radius 1 is 1.05 bits per heavy atom. The predicted molar refractivity (Wildman–Crippen MR) is 93.1 cm³/mol. The van der Waals surface area contributed by atoms with Crippen molar-refractivity contribution in [1.82, 2.24) is 0 Å². The molecule has 0 bridgehead atoms. The second kappa shape index (κ2) is 6.24. The van der Waals surface area contributed by atoms with E-state index in [9.17, 15) is 4.79 Å². The van der Waals surface area contributed by atoms with Gasteiger partial charge in [0.1, 0.15) is 0 Å². The van der Waals surface area contributed by atoms with Crippen molar-refractivity contribution in [3.63, 3.8) is 0 Å². The molecule has 2 aromatic carbocycles. The Kier molecular flexibility index (Phi) is 4.33. The maximum Gasteiger partial charge on any atom is 0.166 e. The molecule has 3 rings (SSSR count). The number of Topliss-reactive ketones (excluding diaryl/α,β-unsaturated/α-hetero) is 1. The fraction of sp³-hybridized carbons (Fsp3) is 0.476. The maximum atomic E-state index is 13.3. The van der Waals surface area contributed by atoms with Gasteiger partial charge in [-0.3, -0.25) is 4.79 Å². The number of hydrogen-bond acceptors (Lipinski definition) is 1. The van der Waals surface area contributed by atoms with Crippen LogP contribution in [0.3, 0.4) is 0 Å². The van der Waals surface area contributed by atoms with Crippen molar-refractivity contribution in [3.8, 4) is 0 Å². The summed E-state index contributed by atoms with van der Waals surface area (Å²) in [6.07, 6.45) is 3.51. The summed E-state index contributed by atoms with van der Waals surface area (Å²) in [5.74, 6) is 2.33. The Bertz CT molecular complexity index is 665. The monoisotopic (exact) mass is 294 g/mol. The molecule has 1 aliphatic rings. The van der Waals surface area contributed by atoms with E-state index in [0.717, 1.165) is 17.4 Å². The molecule has 116 valence electrons. The van der Waals surface area contributed by atoms with Gasteiger partial charge in [0.05, 0.1) is 0 Å². The minimum absolute atomic E-state index is 0.189. The first-order chi connectivity index (χ1) is 10.6. The Morgan fingerprint density at radius 2 is 1.77 bits per heavy atom. The van der Waals surface area contributed by atoms with Gasteiger partial charge in [-0.1, -0.05) is 69.7 Å². The molecule has 3 atom stereocenters. The molecular weight excluding hydrogens is 268 g/mol. The highest BCUT2D eigenvalue weighted by molar-refractivity contribution is 6.09. The van der Waals surface area contributed by atoms with Gasteiger partial charge >= 0.3 is 0 Å². The quantitative estimate of drug-likeness (QED) is 0.661. The van der Waals surface area contributed by atoms with Crippen LogP contribution in [0, 0.1) is 23.7 Å². The number of hydrogen-bond donors (Lipinski definition) is 0. The normalized spacial score (nSPS) is 25.5. The smallest absolute Gasteiger partial charge is 0.166 e. The fourth-order valence-electron chi connectivity index (χ4n) is 4.14. The molecule has 1 fully saturated rings. The highest BCUT2D eigenvalue weighted by atomic mass is 16.1. The summed E-state index contributed by atoms with van der Waals surface area (Å²) in [7, 11) is 0. The molecule has 0 spiro atoms. The van der Waals surface area contributed by atoms with E-state index in [1.165, 1.54) is 18.2 Å². The summed E-state index contributed by atoms with van der Waals surface area (Å²) in [4.78, 5) is 13.3. The van der Waals surface area contributed by atoms with Gasteiger partial charge < -0.3 is 0 Å². The van der Waals surface area contributed by atoms with E-state index < -0.39 is 0 Å². The molecule has 22 heavy (non-hydrogen) atoms. The first-order valence-corrected chi connectivity index (χ1v) is 8.60. The molecule has 0 aliphatic heterocycles. The van der Waals surface area contributed by atoms with Crippen molar-refractivity contribution in [3.05, 3.63) is 48.0 Å². The summed E-state index contributed by atoms with van der Waals surface area (Å²) in [5.41, 5.74) is 0.919. The zero-order valence-corrected chi connectivity index (χ0v) is 13.9. The Labute approximate surface area is 133 Å². The molecule has 1 aliphatic carbocycles. The van der Waals surface area contributed by atoms with Crippen LogP contribution in [0.5, 0.6) is 0 Å². The lowest BCUT2D eigenvalue weighted by Gasteiger charge is -2.36. The molecule has 0 heterocycles. The summed E-state index contributed by atoms with van der Waals surface area (Å²) >= 11 is 0. The van der Waals surface area contributed by atoms with Gasteiger partial charge in [-0.15, -0.1) is 0 Å². The van der Waals surface area contributed by atoms with Crippen molar-refractivity contribution in [2.75, 3.05) is 0 Å². The Balaban J connectivity index is 2.00. The minimum atomic E-state index is 0.189. The van der Waals surface area contributed by atoms with Crippen LogP contribution < -0.4 is 0 Å². The van der Waals surface area contributed by atoms with E-state index in [4.69, 9.17) is 0 Å². The first-order valence-electron chi connectivity index (χ1n) is 8.60. The molecule has 0 N–H and O–H groups in total. The fourth-order valence-corrected chi connectivity index (χ4v) is 4.14. The van der Waals surface area contributed by atoms with Gasteiger partial charge in [0.15, 0.2) is 5.78 Å². The number of carbonyl (C=O) groups is 1. The largest absolute Gasteiger partial charge is 0.294 e. The molecule has 1 saturated carbocycles. The zero-order valence-electron chi connectivity index (χ0n) is 13.9. The zero-order chi connectivity index (χ0) is 15.7. The van der Waals surface area contributed by atoms with Crippen LogP contribution in [-0.2, 0) is 0 Å². The van der Waals surface area contributed by atoms with Crippen LogP contribution >= 0.6 is 0 Å². The van der Waals surface area contributed by atoms with Crippen molar-refractivity contribution in [2.24, 2.45) is 23.7 Å². The minimum Gasteiger partial charge on any atom is -0.294 e. The summed E-state index contributed by atoms with van der Waals surface area (Å²) in [6.45, 7) is 6.83. The third-order valence-electron chi connectivity index (χ3n) is 5.41. The van der Waals surface area contributed by atoms with Gasteiger partial charge in [-0.2, -0.15) is 0 Å². The van der Waals surface area contributed by atoms with Crippen LogP contribution in [0.1, 0.15) is 50.4 Å². The second-order valence-electron chi connectivity index (χ2n) is 7.32. The maximum absolute atomic E-state index is 13.3. The van der Waals surface area contributed by atoms with Crippen LogP contribution in [0.25, 0.3) is 10.8 Å². The first kappa shape index (κ1) is 15.3. The predicted octanol–water partition coefficient (Wildman–Crippen LogP) is 5.73. The van der Waals surface area contributed by atoms with Crippen molar-refractivity contribution >= 4 is 16.6 Å². The highest BCUT2D eigenvalue weighted by Gasteiger charge is 2.36. The average molecular weight is 294 g/mol. The lowest BCUT2D eigenvalue weighted by molar-refractivity contribution is 0.0725. The SMILES string of the molecule is CC1CCC(C(C)C)C(C(=O)c2cccc3ccccc23)C1. The van der Waals surface area contributed by atoms with Gasteiger partial charge in [0.25, 0.3) is 0 Å². The topological polar surface area (TPSA) is 17.1 Å². The number of ketones is 1. The van der Waals surface area contributed by atoms with Crippen molar-refractivity contribution < 1.29 is 4.79 Å². The molecule has 0 radical (unpaired) electrons.